The molecular formula is C16H13ClFNO3S3. The van der Waals surface area contributed by atoms with E-state index in [0.717, 1.165) is 33.5 Å². The highest BCUT2D eigenvalue weighted by Gasteiger charge is 2.17. The first-order valence-corrected chi connectivity index (χ1v) is 10.7. The maximum absolute atomic E-state index is 13.2. The molecule has 0 radical (unpaired) electrons. The molecule has 3 rings (SSSR count). The Morgan fingerprint density at radius 1 is 1.24 bits per heavy atom. The molecule has 2 heterocycles. The maximum atomic E-state index is 13.2. The minimum atomic E-state index is -3.81. The quantitative estimate of drug-likeness (QED) is 0.632. The van der Waals surface area contributed by atoms with Crippen LogP contribution in [0.1, 0.15) is 21.4 Å². The second-order valence-electron chi connectivity index (χ2n) is 5.16. The number of halogens is 2. The van der Waals surface area contributed by atoms with Crippen LogP contribution in [0.15, 0.2) is 52.1 Å². The lowest BCUT2D eigenvalue weighted by Crippen LogP contribution is -2.22. The van der Waals surface area contributed by atoms with Crippen LogP contribution in [0, 0.1) is 5.82 Å². The van der Waals surface area contributed by atoms with E-state index in [4.69, 9.17) is 11.6 Å². The fourth-order valence-electron chi connectivity index (χ4n) is 2.12. The van der Waals surface area contributed by atoms with Crippen LogP contribution in [-0.4, -0.2) is 13.5 Å². The third-order valence-corrected chi connectivity index (χ3v) is 6.98. The van der Waals surface area contributed by atoms with Gasteiger partial charge in [-0.05, 0) is 52.7 Å². The van der Waals surface area contributed by atoms with Crippen molar-refractivity contribution in [3.8, 4) is 0 Å². The molecule has 0 saturated heterocycles. The van der Waals surface area contributed by atoms with Gasteiger partial charge >= 0.3 is 0 Å². The summed E-state index contributed by atoms with van der Waals surface area (Å²) >= 11 is 8.45. The second-order valence-corrected chi connectivity index (χ2v) is 9.32. The largest absolute Gasteiger partial charge is 0.383 e. The topological polar surface area (TPSA) is 66.4 Å². The summed E-state index contributed by atoms with van der Waals surface area (Å²) in [7, 11) is -3.81. The molecule has 0 spiro atoms. The highest BCUT2D eigenvalue weighted by molar-refractivity contribution is 7.89. The van der Waals surface area contributed by atoms with Crippen LogP contribution in [-0.2, 0) is 16.6 Å². The molecule has 0 fully saturated rings. The summed E-state index contributed by atoms with van der Waals surface area (Å²) in [6.07, 6.45) is -0.725. The molecule has 1 aromatic carbocycles. The lowest BCUT2D eigenvalue weighted by molar-refractivity contribution is 0.224. The summed E-state index contributed by atoms with van der Waals surface area (Å²) in [6.45, 7) is 0.0678. The van der Waals surface area contributed by atoms with Gasteiger partial charge in [0, 0.05) is 16.3 Å². The Morgan fingerprint density at radius 3 is 2.72 bits per heavy atom. The summed E-state index contributed by atoms with van der Waals surface area (Å²) < 4.78 is 40.1. The molecule has 2 aromatic heterocycles. The van der Waals surface area contributed by atoms with Gasteiger partial charge in [0.1, 0.15) is 11.9 Å². The van der Waals surface area contributed by atoms with Crippen molar-refractivity contribution in [2.45, 2.75) is 17.5 Å². The number of aliphatic hydroxyl groups is 1. The van der Waals surface area contributed by atoms with Gasteiger partial charge in [-0.1, -0.05) is 11.6 Å². The highest BCUT2D eigenvalue weighted by atomic mass is 35.5. The molecule has 4 nitrogen and oxygen atoms in total. The lowest BCUT2D eigenvalue weighted by atomic mass is 10.2. The van der Waals surface area contributed by atoms with E-state index in [2.05, 4.69) is 4.72 Å². The van der Waals surface area contributed by atoms with E-state index in [1.807, 2.05) is 16.8 Å². The van der Waals surface area contributed by atoms with Gasteiger partial charge < -0.3 is 5.11 Å². The molecule has 3 aromatic rings. The number of thiophene rings is 2. The first kappa shape index (κ1) is 18.5. The molecule has 0 aliphatic heterocycles. The van der Waals surface area contributed by atoms with Crippen molar-refractivity contribution in [3.05, 3.63) is 73.3 Å². The van der Waals surface area contributed by atoms with Gasteiger partial charge in [-0.25, -0.2) is 17.5 Å². The van der Waals surface area contributed by atoms with Crippen LogP contribution in [0.25, 0.3) is 0 Å². The van der Waals surface area contributed by atoms with Crippen LogP contribution >= 0.6 is 34.3 Å². The predicted molar refractivity (Wildman–Crippen MR) is 98.1 cm³/mol. The average molecular weight is 418 g/mol. The Balaban J connectivity index is 1.70. The van der Waals surface area contributed by atoms with Gasteiger partial charge in [-0.15, -0.1) is 11.3 Å². The molecule has 0 aliphatic carbocycles. The zero-order chi connectivity index (χ0) is 18.0. The summed E-state index contributed by atoms with van der Waals surface area (Å²) in [5.41, 5.74) is 0.805. The van der Waals surface area contributed by atoms with E-state index in [9.17, 15) is 17.9 Å². The van der Waals surface area contributed by atoms with Gasteiger partial charge in [0.2, 0.25) is 10.0 Å². The van der Waals surface area contributed by atoms with Crippen molar-refractivity contribution in [3.63, 3.8) is 0 Å². The van der Waals surface area contributed by atoms with Crippen molar-refractivity contribution in [1.29, 1.82) is 0 Å². The molecule has 9 heteroatoms. The van der Waals surface area contributed by atoms with Crippen molar-refractivity contribution < 1.29 is 17.9 Å². The molecule has 0 amide bonds. The lowest BCUT2D eigenvalue weighted by Gasteiger charge is -2.07. The molecule has 0 bridgehead atoms. The number of hydrogen-bond acceptors (Lipinski definition) is 5. The van der Waals surface area contributed by atoms with Gasteiger partial charge in [0.15, 0.2) is 0 Å². The Hall–Kier alpha value is -1.29. The fraction of sp³-hybridized carbons (Fsp3) is 0.125. The molecule has 0 saturated carbocycles. The number of rotatable bonds is 6. The Labute approximate surface area is 157 Å². The summed E-state index contributed by atoms with van der Waals surface area (Å²) in [5, 5.41) is 13.8. The minimum absolute atomic E-state index is 0.0678. The Bertz CT molecular complexity index is 970. The summed E-state index contributed by atoms with van der Waals surface area (Å²) in [4.78, 5) is 1.38. The Kier molecular flexibility index (Phi) is 5.57. The number of hydrogen-bond donors (Lipinski definition) is 2. The minimum Gasteiger partial charge on any atom is -0.383 e. The van der Waals surface area contributed by atoms with E-state index in [0.29, 0.717) is 0 Å². The monoisotopic (exact) mass is 417 g/mol. The average Bonchev–Trinajstić information content (AvgIpc) is 3.26. The van der Waals surface area contributed by atoms with E-state index < -0.39 is 21.9 Å². The van der Waals surface area contributed by atoms with E-state index in [1.54, 1.807) is 12.1 Å². The van der Waals surface area contributed by atoms with E-state index >= 15 is 0 Å². The molecular weight excluding hydrogens is 405 g/mol. The van der Waals surface area contributed by atoms with Gasteiger partial charge in [-0.3, -0.25) is 0 Å². The van der Waals surface area contributed by atoms with Crippen LogP contribution in [0.5, 0.6) is 0 Å². The number of sulfonamides is 1. The van der Waals surface area contributed by atoms with Gasteiger partial charge in [0.05, 0.1) is 9.92 Å². The highest BCUT2D eigenvalue weighted by Crippen LogP contribution is 2.29. The number of nitrogens with one attached hydrogen (secondary N) is 1. The molecule has 1 atom stereocenters. The van der Waals surface area contributed by atoms with Crippen LogP contribution < -0.4 is 4.72 Å². The molecule has 25 heavy (non-hydrogen) atoms. The SMILES string of the molecule is O=S(=O)(NCc1ccc(C(O)c2ccsc2)s1)c1ccc(F)c(Cl)c1. The first-order valence-electron chi connectivity index (χ1n) is 7.10. The predicted octanol–water partition coefficient (Wildman–Crippen LogP) is 4.16. The first-order chi connectivity index (χ1) is 11.9. The maximum Gasteiger partial charge on any atom is 0.240 e. The number of benzene rings is 1. The zero-order valence-electron chi connectivity index (χ0n) is 12.6. The van der Waals surface area contributed by atoms with Gasteiger partial charge in [-0.2, -0.15) is 11.3 Å². The fourth-order valence-corrected chi connectivity index (χ4v) is 5.14. The van der Waals surface area contributed by atoms with E-state index in [-0.39, 0.29) is 16.5 Å². The van der Waals surface area contributed by atoms with E-state index in [1.165, 1.54) is 22.7 Å². The molecule has 1 unspecified atom stereocenters. The van der Waals surface area contributed by atoms with Crippen molar-refractivity contribution in [1.82, 2.24) is 4.72 Å². The zero-order valence-corrected chi connectivity index (χ0v) is 15.9. The second kappa shape index (κ2) is 7.53. The third-order valence-electron chi connectivity index (χ3n) is 3.45. The van der Waals surface area contributed by atoms with Crippen molar-refractivity contribution >= 4 is 44.3 Å². The molecule has 2 N–H and O–H groups in total. The normalized spacial score (nSPS) is 13.1. The van der Waals surface area contributed by atoms with Crippen LogP contribution in [0.2, 0.25) is 5.02 Å². The smallest absolute Gasteiger partial charge is 0.240 e. The van der Waals surface area contributed by atoms with Crippen LogP contribution in [0.4, 0.5) is 4.39 Å². The molecule has 0 aliphatic rings. The Morgan fingerprint density at radius 2 is 2.04 bits per heavy atom. The summed E-state index contributed by atoms with van der Waals surface area (Å²) in [6, 6.07) is 8.61. The van der Waals surface area contributed by atoms with Crippen molar-refractivity contribution in [2.24, 2.45) is 0 Å². The number of aliphatic hydroxyl groups excluding tert-OH is 1. The summed E-state index contributed by atoms with van der Waals surface area (Å²) in [5.74, 6) is -0.675. The van der Waals surface area contributed by atoms with Gasteiger partial charge in [0.25, 0.3) is 0 Å². The standard InChI is InChI=1S/C16H13ClFNO3S3/c17-13-7-12(2-3-14(13)18)25(21,22)19-8-11-1-4-15(24-11)16(20)10-5-6-23-9-10/h1-7,9,16,19-20H,8H2. The van der Waals surface area contributed by atoms with Crippen LogP contribution in [0.3, 0.4) is 0 Å². The molecule has 132 valence electrons. The van der Waals surface area contributed by atoms with Crippen molar-refractivity contribution in [2.75, 3.05) is 0 Å². The third kappa shape index (κ3) is 4.28.